The second-order valence-electron chi connectivity index (χ2n) is 4.27. The maximum absolute atomic E-state index is 10.7. The third-order valence-corrected chi connectivity index (χ3v) is 3.53. The number of carbonyl (C=O) groups is 1. The van der Waals surface area contributed by atoms with E-state index in [2.05, 4.69) is 0 Å². The molecule has 0 heterocycles. The highest BCUT2D eigenvalue weighted by molar-refractivity contribution is 6.35. The number of halogens is 2. The van der Waals surface area contributed by atoms with Crippen LogP contribution >= 0.6 is 23.2 Å². The van der Waals surface area contributed by atoms with Crippen LogP contribution in [0.5, 0.6) is 0 Å². The van der Waals surface area contributed by atoms with Gasteiger partial charge in [0.05, 0.1) is 21.0 Å². The van der Waals surface area contributed by atoms with Crippen molar-refractivity contribution in [1.29, 1.82) is 5.26 Å². The van der Waals surface area contributed by atoms with Gasteiger partial charge in [0.2, 0.25) is 5.91 Å². The van der Waals surface area contributed by atoms with Crippen molar-refractivity contribution >= 4 is 40.5 Å². The van der Waals surface area contributed by atoms with Gasteiger partial charge in [0, 0.05) is 12.1 Å². The molecule has 2 N–H and O–H groups in total. The molecule has 2 aromatic carbocycles. The number of nitro groups is 2. The van der Waals surface area contributed by atoms with Gasteiger partial charge in [0.15, 0.2) is 0 Å². The number of amides is 1. The van der Waals surface area contributed by atoms with Crippen LogP contribution in [-0.4, -0.2) is 15.8 Å². The largest absolute Gasteiger partial charge is 0.366 e. The Kier molecular flexibility index (Phi) is 6.81. The summed E-state index contributed by atoms with van der Waals surface area (Å²) in [4.78, 5) is 30.1. The van der Waals surface area contributed by atoms with E-state index in [1.165, 1.54) is 36.4 Å². The SMILES string of the molecule is N#Cc1cccc([N+](=O)[O-])c1Cl.NC(=O)c1cccc([N+](=O)[O-])c1Cl. The Morgan fingerprint density at radius 1 is 1.00 bits per heavy atom. The van der Waals surface area contributed by atoms with E-state index >= 15 is 0 Å². The predicted octanol–water partition coefficient (Wildman–Crippen LogP) is 3.47. The summed E-state index contributed by atoms with van der Waals surface area (Å²) in [6, 6.07) is 9.74. The minimum absolute atomic E-state index is 0.0455. The van der Waals surface area contributed by atoms with Crippen LogP contribution in [0.3, 0.4) is 0 Å². The molecule has 128 valence electrons. The fraction of sp³-hybridized carbons (Fsp3) is 0. The Morgan fingerprint density at radius 2 is 1.48 bits per heavy atom. The lowest BCUT2D eigenvalue weighted by atomic mass is 10.2. The number of benzene rings is 2. The molecule has 11 heteroatoms. The molecule has 0 spiro atoms. The topological polar surface area (TPSA) is 153 Å². The fourth-order valence-corrected chi connectivity index (χ4v) is 2.12. The third-order valence-electron chi connectivity index (χ3n) is 2.74. The average molecular weight is 383 g/mol. The van der Waals surface area contributed by atoms with Gasteiger partial charge in [-0.25, -0.2) is 0 Å². The van der Waals surface area contributed by atoms with Crippen molar-refractivity contribution < 1.29 is 14.6 Å². The summed E-state index contributed by atoms with van der Waals surface area (Å²) in [6.07, 6.45) is 0. The molecule has 2 aromatic rings. The molecule has 0 saturated heterocycles. The van der Waals surface area contributed by atoms with Gasteiger partial charge in [-0.15, -0.1) is 0 Å². The number of hydrogen-bond donors (Lipinski definition) is 1. The molecule has 0 unspecified atom stereocenters. The second-order valence-corrected chi connectivity index (χ2v) is 5.02. The lowest BCUT2D eigenvalue weighted by Crippen LogP contribution is -2.12. The first-order valence-electron chi connectivity index (χ1n) is 6.26. The number of carbonyl (C=O) groups excluding carboxylic acids is 1. The molecule has 0 aliphatic rings. The van der Waals surface area contributed by atoms with Crippen molar-refractivity contribution in [3.05, 3.63) is 77.8 Å². The van der Waals surface area contributed by atoms with Crippen molar-refractivity contribution in [2.45, 2.75) is 0 Å². The van der Waals surface area contributed by atoms with Crippen LogP contribution in [0, 0.1) is 31.6 Å². The van der Waals surface area contributed by atoms with Gasteiger partial charge in [-0.05, 0) is 12.1 Å². The van der Waals surface area contributed by atoms with Crippen LogP contribution in [0.25, 0.3) is 0 Å². The fourth-order valence-electron chi connectivity index (χ4n) is 1.60. The molecule has 9 nitrogen and oxygen atoms in total. The molecule has 0 saturated carbocycles. The van der Waals surface area contributed by atoms with E-state index in [1.54, 1.807) is 6.07 Å². The predicted molar refractivity (Wildman–Crippen MR) is 89.4 cm³/mol. The van der Waals surface area contributed by atoms with Gasteiger partial charge >= 0.3 is 0 Å². The first kappa shape index (κ1) is 19.8. The molecule has 25 heavy (non-hydrogen) atoms. The number of nitrogens with two attached hydrogens (primary N) is 1. The van der Waals surface area contributed by atoms with E-state index in [0.29, 0.717) is 0 Å². The summed E-state index contributed by atoms with van der Waals surface area (Å²) < 4.78 is 0. The highest BCUT2D eigenvalue weighted by Crippen LogP contribution is 2.27. The maximum Gasteiger partial charge on any atom is 0.289 e. The van der Waals surface area contributed by atoms with E-state index in [4.69, 9.17) is 34.2 Å². The van der Waals surface area contributed by atoms with Gasteiger partial charge in [0.1, 0.15) is 16.1 Å². The molecule has 0 aliphatic heterocycles. The van der Waals surface area contributed by atoms with Gasteiger partial charge in [-0.3, -0.25) is 25.0 Å². The molecule has 0 atom stereocenters. The molecule has 0 bridgehead atoms. The summed E-state index contributed by atoms with van der Waals surface area (Å²) in [5, 5.41) is 28.8. The Bertz CT molecular complexity index is 863. The normalized spacial score (nSPS) is 9.32. The molecular formula is C14H8Cl2N4O5. The van der Waals surface area contributed by atoms with Crippen molar-refractivity contribution in [3.63, 3.8) is 0 Å². The summed E-state index contributed by atoms with van der Waals surface area (Å²) in [5.41, 5.74) is 4.45. The number of rotatable bonds is 3. The Balaban J connectivity index is 0.000000251. The van der Waals surface area contributed by atoms with Crippen LogP contribution in [-0.2, 0) is 0 Å². The molecule has 1 amide bonds. The van der Waals surface area contributed by atoms with E-state index in [1.807, 2.05) is 0 Å². The van der Waals surface area contributed by atoms with Crippen molar-refractivity contribution in [2.75, 3.05) is 0 Å². The van der Waals surface area contributed by atoms with Gasteiger partial charge < -0.3 is 5.73 Å². The van der Waals surface area contributed by atoms with Crippen molar-refractivity contribution in [3.8, 4) is 6.07 Å². The first-order valence-corrected chi connectivity index (χ1v) is 7.02. The minimum Gasteiger partial charge on any atom is -0.366 e. The van der Waals surface area contributed by atoms with Crippen LogP contribution in [0.4, 0.5) is 11.4 Å². The zero-order valence-electron chi connectivity index (χ0n) is 12.2. The molecule has 0 fully saturated rings. The number of nitrogens with zero attached hydrogens (tertiary/aromatic N) is 3. The van der Waals surface area contributed by atoms with Gasteiger partial charge in [-0.1, -0.05) is 35.3 Å². The summed E-state index contributed by atoms with van der Waals surface area (Å²) >= 11 is 11.1. The van der Waals surface area contributed by atoms with E-state index in [0.717, 1.165) is 0 Å². The summed E-state index contributed by atoms with van der Waals surface area (Å²) in [6.45, 7) is 0. The van der Waals surface area contributed by atoms with Crippen LogP contribution in [0.1, 0.15) is 15.9 Å². The second kappa shape index (κ2) is 8.58. The lowest BCUT2D eigenvalue weighted by molar-refractivity contribution is -0.384. The number of primary amides is 1. The smallest absolute Gasteiger partial charge is 0.289 e. The zero-order chi connectivity index (χ0) is 19.1. The molecule has 0 aromatic heterocycles. The number of nitriles is 1. The zero-order valence-corrected chi connectivity index (χ0v) is 13.7. The Labute approximate surface area is 150 Å². The highest BCUT2D eigenvalue weighted by Gasteiger charge is 2.17. The molecule has 0 aliphatic carbocycles. The van der Waals surface area contributed by atoms with Crippen molar-refractivity contribution in [2.24, 2.45) is 5.73 Å². The van der Waals surface area contributed by atoms with Crippen LogP contribution < -0.4 is 5.73 Å². The Morgan fingerprint density at radius 3 is 1.92 bits per heavy atom. The van der Waals surface area contributed by atoms with E-state index in [-0.39, 0.29) is 32.5 Å². The van der Waals surface area contributed by atoms with E-state index in [9.17, 15) is 25.0 Å². The summed E-state index contributed by atoms with van der Waals surface area (Å²) in [7, 11) is 0. The Hall–Kier alpha value is -3.22. The molecule has 0 radical (unpaired) electrons. The van der Waals surface area contributed by atoms with Crippen LogP contribution in [0.15, 0.2) is 36.4 Å². The third kappa shape index (κ3) is 4.87. The first-order chi connectivity index (χ1) is 11.7. The number of hydrogen-bond acceptors (Lipinski definition) is 6. The minimum atomic E-state index is -0.784. The van der Waals surface area contributed by atoms with Crippen LogP contribution in [0.2, 0.25) is 10.0 Å². The number of nitro benzene ring substituents is 2. The molecular weight excluding hydrogens is 375 g/mol. The molecule has 2 rings (SSSR count). The monoisotopic (exact) mass is 382 g/mol. The quantitative estimate of drug-likeness (QED) is 0.632. The van der Waals surface area contributed by atoms with Gasteiger partial charge in [-0.2, -0.15) is 5.26 Å². The standard InChI is InChI=1S/C7H5ClN2O3.C7H3ClN2O2/c8-6-4(7(9)11)2-1-3-5(6)10(12)13;8-7-5(4-9)2-1-3-6(7)10(11)12/h1-3H,(H2,9,11);1-3H. The lowest BCUT2D eigenvalue weighted by Gasteiger charge is -1.98. The average Bonchev–Trinajstić information content (AvgIpc) is 2.55. The maximum atomic E-state index is 10.7. The van der Waals surface area contributed by atoms with Crippen molar-refractivity contribution in [1.82, 2.24) is 0 Å². The van der Waals surface area contributed by atoms with Gasteiger partial charge in [0.25, 0.3) is 11.4 Å². The highest BCUT2D eigenvalue weighted by atomic mass is 35.5. The van der Waals surface area contributed by atoms with E-state index < -0.39 is 15.8 Å². The summed E-state index contributed by atoms with van der Waals surface area (Å²) in [5.74, 6) is -0.784.